The number of amides is 1. The van der Waals surface area contributed by atoms with Crippen LogP contribution in [0.3, 0.4) is 0 Å². The molecule has 2 fully saturated rings. The molecule has 2 aliphatic rings. The van der Waals surface area contributed by atoms with Crippen molar-refractivity contribution in [2.45, 2.75) is 58.4 Å². The van der Waals surface area contributed by atoms with E-state index in [0.29, 0.717) is 6.04 Å². The summed E-state index contributed by atoms with van der Waals surface area (Å²) in [4.78, 5) is 12.3. The van der Waals surface area contributed by atoms with Gasteiger partial charge < -0.3 is 10.6 Å². The molecule has 0 spiro atoms. The Morgan fingerprint density at radius 2 is 2.29 bits per heavy atom. The van der Waals surface area contributed by atoms with Crippen molar-refractivity contribution in [3.8, 4) is 0 Å². The van der Waals surface area contributed by atoms with Gasteiger partial charge >= 0.3 is 0 Å². The van der Waals surface area contributed by atoms with Gasteiger partial charge in [-0.05, 0) is 38.6 Å². The summed E-state index contributed by atoms with van der Waals surface area (Å²) in [5.41, 5.74) is -0.168. The molecule has 0 aromatic heterocycles. The third-order valence-corrected chi connectivity index (χ3v) is 4.61. The Hall–Kier alpha value is -0.570. The fraction of sp³-hybridized carbons (Fsp3) is 0.929. The molecular formula is C14H26N2O. The van der Waals surface area contributed by atoms with Gasteiger partial charge in [-0.15, -0.1) is 0 Å². The molecule has 1 heterocycles. The van der Waals surface area contributed by atoms with Crippen LogP contribution in [0.1, 0.15) is 52.4 Å². The number of carbonyl (C=O) groups is 1. The third-order valence-electron chi connectivity index (χ3n) is 4.61. The third kappa shape index (κ3) is 3.01. The summed E-state index contributed by atoms with van der Waals surface area (Å²) < 4.78 is 0. The van der Waals surface area contributed by atoms with E-state index in [1.54, 1.807) is 0 Å². The van der Waals surface area contributed by atoms with Gasteiger partial charge in [0.15, 0.2) is 0 Å². The average molecular weight is 238 g/mol. The largest absolute Gasteiger partial charge is 0.353 e. The molecule has 3 nitrogen and oxygen atoms in total. The van der Waals surface area contributed by atoms with E-state index in [4.69, 9.17) is 0 Å². The molecule has 1 amide bonds. The molecule has 0 bridgehead atoms. The van der Waals surface area contributed by atoms with Gasteiger partial charge in [-0.3, -0.25) is 4.79 Å². The maximum atomic E-state index is 12.3. The SMILES string of the molecule is CCC1CCCC(NC(=O)C2(C)CCNC2)C1. The van der Waals surface area contributed by atoms with Crippen LogP contribution in [-0.2, 0) is 4.79 Å². The average Bonchev–Trinajstić information content (AvgIpc) is 2.78. The van der Waals surface area contributed by atoms with Crippen LogP contribution in [0.2, 0.25) is 0 Å². The van der Waals surface area contributed by atoms with E-state index in [1.807, 2.05) is 0 Å². The van der Waals surface area contributed by atoms with Gasteiger partial charge in [0.05, 0.1) is 5.41 Å². The van der Waals surface area contributed by atoms with Crippen LogP contribution in [0.25, 0.3) is 0 Å². The summed E-state index contributed by atoms with van der Waals surface area (Å²) in [5, 5.41) is 6.58. The molecule has 1 aliphatic heterocycles. The van der Waals surface area contributed by atoms with Gasteiger partial charge in [-0.2, -0.15) is 0 Å². The predicted molar refractivity (Wildman–Crippen MR) is 69.8 cm³/mol. The second kappa shape index (κ2) is 5.38. The quantitative estimate of drug-likeness (QED) is 0.790. The molecule has 1 aliphatic carbocycles. The van der Waals surface area contributed by atoms with Gasteiger partial charge in [0.2, 0.25) is 5.91 Å². The van der Waals surface area contributed by atoms with Gasteiger partial charge in [0.1, 0.15) is 0 Å². The minimum Gasteiger partial charge on any atom is -0.353 e. The van der Waals surface area contributed by atoms with Crippen LogP contribution in [-0.4, -0.2) is 25.0 Å². The van der Waals surface area contributed by atoms with Crippen molar-refractivity contribution in [1.29, 1.82) is 0 Å². The van der Waals surface area contributed by atoms with Crippen LogP contribution in [0, 0.1) is 11.3 Å². The maximum absolute atomic E-state index is 12.3. The first-order chi connectivity index (χ1) is 8.14. The first kappa shape index (κ1) is 12.9. The van der Waals surface area contributed by atoms with Crippen molar-refractivity contribution in [2.75, 3.05) is 13.1 Å². The zero-order valence-electron chi connectivity index (χ0n) is 11.2. The van der Waals surface area contributed by atoms with Gasteiger partial charge in [0, 0.05) is 12.6 Å². The van der Waals surface area contributed by atoms with Crippen molar-refractivity contribution in [2.24, 2.45) is 11.3 Å². The summed E-state index contributed by atoms with van der Waals surface area (Å²) >= 11 is 0. The Bertz CT molecular complexity index is 271. The highest BCUT2D eigenvalue weighted by atomic mass is 16.2. The van der Waals surface area contributed by atoms with Crippen LogP contribution < -0.4 is 10.6 Å². The smallest absolute Gasteiger partial charge is 0.227 e. The molecule has 2 N–H and O–H groups in total. The van der Waals surface area contributed by atoms with Crippen LogP contribution >= 0.6 is 0 Å². The van der Waals surface area contributed by atoms with Crippen LogP contribution in [0.5, 0.6) is 0 Å². The highest BCUT2D eigenvalue weighted by Crippen LogP contribution is 2.29. The Kier molecular flexibility index (Phi) is 4.08. The highest BCUT2D eigenvalue weighted by molar-refractivity contribution is 5.83. The van der Waals surface area contributed by atoms with Gasteiger partial charge in [0.25, 0.3) is 0 Å². The molecule has 1 saturated carbocycles. The van der Waals surface area contributed by atoms with Crippen LogP contribution in [0.4, 0.5) is 0 Å². The number of carbonyl (C=O) groups excluding carboxylic acids is 1. The van der Waals surface area contributed by atoms with E-state index >= 15 is 0 Å². The molecule has 1 saturated heterocycles. The molecule has 3 atom stereocenters. The highest BCUT2D eigenvalue weighted by Gasteiger charge is 2.37. The fourth-order valence-corrected chi connectivity index (χ4v) is 3.16. The molecule has 0 aromatic carbocycles. The monoisotopic (exact) mass is 238 g/mol. The van der Waals surface area contributed by atoms with Crippen molar-refractivity contribution in [3.05, 3.63) is 0 Å². The maximum Gasteiger partial charge on any atom is 0.227 e. The van der Waals surface area contributed by atoms with Gasteiger partial charge in [-0.1, -0.05) is 26.2 Å². The Morgan fingerprint density at radius 3 is 2.94 bits per heavy atom. The van der Waals surface area contributed by atoms with Crippen molar-refractivity contribution in [1.82, 2.24) is 10.6 Å². The van der Waals surface area contributed by atoms with Crippen molar-refractivity contribution >= 4 is 5.91 Å². The topological polar surface area (TPSA) is 41.1 Å². The first-order valence-corrected chi connectivity index (χ1v) is 7.16. The van der Waals surface area contributed by atoms with E-state index in [9.17, 15) is 4.79 Å². The zero-order valence-corrected chi connectivity index (χ0v) is 11.2. The van der Waals surface area contributed by atoms with Gasteiger partial charge in [-0.25, -0.2) is 0 Å². The summed E-state index contributed by atoms with van der Waals surface area (Å²) in [7, 11) is 0. The van der Waals surface area contributed by atoms with E-state index in [-0.39, 0.29) is 11.3 Å². The summed E-state index contributed by atoms with van der Waals surface area (Å²) in [6.45, 7) is 6.16. The number of nitrogens with one attached hydrogen (secondary N) is 2. The minimum absolute atomic E-state index is 0.168. The second-order valence-corrected chi connectivity index (χ2v) is 6.10. The lowest BCUT2D eigenvalue weighted by molar-refractivity contribution is -0.130. The Balaban J connectivity index is 1.85. The fourth-order valence-electron chi connectivity index (χ4n) is 3.16. The first-order valence-electron chi connectivity index (χ1n) is 7.16. The van der Waals surface area contributed by atoms with Crippen LogP contribution in [0.15, 0.2) is 0 Å². The second-order valence-electron chi connectivity index (χ2n) is 6.10. The summed E-state index contributed by atoms with van der Waals surface area (Å²) in [6, 6.07) is 0.429. The standard InChI is InChI=1S/C14H26N2O/c1-3-11-5-4-6-12(9-11)16-13(17)14(2)7-8-15-10-14/h11-12,15H,3-10H2,1-2H3,(H,16,17). The molecule has 2 rings (SSSR count). The molecule has 3 heteroatoms. The van der Waals surface area contributed by atoms with E-state index in [0.717, 1.165) is 25.4 Å². The van der Waals surface area contributed by atoms with E-state index in [2.05, 4.69) is 24.5 Å². The zero-order chi connectivity index (χ0) is 12.3. The lowest BCUT2D eigenvalue weighted by atomic mass is 9.83. The minimum atomic E-state index is -0.168. The molecule has 98 valence electrons. The number of rotatable bonds is 3. The Morgan fingerprint density at radius 1 is 1.47 bits per heavy atom. The van der Waals surface area contributed by atoms with Crippen molar-refractivity contribution in [3.63, 3.8) is 0 Å². The molecule has 0 radical (unpaired) electrons. The summed E-state index contributed by atoms with van der Waals surface area (Å²) in [6.07, 6.45) is 7.21. The lowest BCUT2D eigenvalue weighted by Crippen LogP contribution is -2.46. The Labute approximate surface area is 105 Å². The molecule has 17 heavy (non-hydrogen) atoms. The predicted octanol–water partition coefficient (Wildman–Crippen LogP) is 2.07. The molecular weight excluding hydrogens is 212 g/mol. The number of hydrogen-bond donors (Lipinski definition) is 2. The van der Waals surface area contributed by atoms with Crippen molar-refractivity contribution < 1.29 is 4.79 Å². The number of hydrogen-bond acceptors (Lipinski definition) is 2. The summed E-state index contributed by atoms with van der Waals surface area (Å²) in [5.74, 6) is 1.09. The van der Waals surface area contributed by atoms with E-state index < -0.39 is 0 Å². The molecule has 3 unspecified atom stereocenters. The normalized spacial score (nSPS) is 38.0. The lowest BCUT2D eigenvalue weighted by Gasteiger charge is -2.32. The van der Waals surface area contributed by atoms with E-state index in [1.165, 1.54) is 32.1 Å². The molecule has 0 aromatic rings.